The lowest BCUT2D eigenvalue weighted by molar-refractivity contribution is -0.122. The number of fused-ring (bicyclic) bond motifs is 1. The van der Waals surface area contributed by atoms with Crippen LogP contribution in [0.5, 0.6) is 0 Å². The van der Waals surface area contributed by atoms with Crippen LogP contribution in [-0.4, -0.2) is 40.3 Å². The maximum absolute atomic E-state index is 12.4. The minimum absolute atomic E-state index is 0.000414. The molecule has 0 aliphatic carbocycles. The summed E-state index contributed by atoms with van der Waals surface area (Å²) in [4.78, 5) is 13.9. The summed E-state index contributed by atoms with van der Waals surface area (Å²) < 4.78 is 32.5. The van der Waals surface area contributed by atoms with Crippen LogP contribution in [-0.2, 0) is 32.4 Å². The average Bonchev–Trinajstić information content (AvgIpc) is 2.67. The fraction of sp³-hybridized carbons (Fsp3) is 0.350. The topological polar surface area (TPSA) is 75.7 Å². The summed E-state index contributed by atoms with van der Waals surface area (Å²) in [6, 6.07) is 14.9. The fourth-order valence-electron chi connectivity index (χ4n) is 3.23. The Kier molecular flexibility index (Phi) is 6.13. The van der Waals surface area contributed by atoms with E-state index < -0.39 is 10.0 Å². The number of rotatable bonds is 7. The molecule has 1 N–H and O–H groups in total. The first kappa shape index (κ1) is 19.4. The Labute approximate surface area is 160 Å². The molecule has 7 heteroatoms. The first-order chi connectivity index (χ1) is 13.0. The SMILES string of the molecule is COCC(=O)N1CCCc2ccc(NS(=O)(=O)CCc3ccccc3)cc21. The van der Waals surface area contributed by atoms with Crippen molar-refractivity contribution in [1.82, 2.24) is 0 Å². The summed E-state index contributed by atoms with van der Waals surface area (Å²) in [5.74, 6) is -0.122. The number of benzene rings is 2. The van der Waals surface area contributed by atoms with Gasteiger partial charge in [-0.1, -0.05) is 36.4 Å². The highest BCUT2D eigenvalue weighted by molar-refractivity contribution is 7.92. The van der Waals surface area contributed by atoms with Gasteiger partial charge in [0.2, 0.25) is 10.0 Å². The second-order valence-corrected chi connectivity index (χ2v) is 8.42. The lowest BCUT2D eigenvalue weighted by Crippen LogP contribution is -2.37. The molecule has 1 aliphatic heterocycles. The summed E-state index contributed by atoms with van der Waals surface area (Å²) in [6.45, 7) is 0.617. The van der Waals surface area contributed by atoms with Crippen LogP contribution in [0, 0.1) is 0 Å². The zero-order chi connectivity index (χ0) is 19.3. The number of nitrogens with zero attached hydrogens (tertiary/aromatic N) is 1. The fourth-order valence-corrected chi connectivity index (χ4v) is 4.32. The lowest BCUT2D eigenvalue weighted by atomic mass is 10.0. The number of ether oxygens (including phenoxy) is 1. The van der Waals surface area contributed by atoms with Gasteiger partial charge in [0, 0.05) is 19.3 Å². The zero-order valence-corrected chi connectivity index (χ0v) is 16.2. The van der Waals surface area contributed by atoms with Crippen molar-refractivity contribution < 1.29 is 17.9 Å². The first-order valence-electron chi connectivity index (χ1n) is 8.95. The zero-order valence-electron chi connectivity index (χ0n) is 15.3. The van der Waals surface area contributed by atoms with E-state index in [9.17, 15) is 13.2 Å². The standard InChI is InChI=1S/C20H24N2O4S/c1-26-15-20(23)22-12-5-8-17-9-10-18(14-19(17)22)21-27(24,25)13-11-16-6-3-2-4-7-16/h2-4,6-7,9-10,14,21H,5,8,11-13,15H2,1H3. The summed E-state index contributed by atoms with van der Waals surface area (Å²) in [7, 11) is -2.00. The molecule has 0 fully saturated rings. The maximum Gasteiger partial charge on any atom is 0.252 e. The van der Waals surface area contributed by atoms with Gasteiger partial charge in [-0.3, -0.25) is 9.52 Å². The Morgan fingerprint density at radius 1 is 1.19 bits per heavy atom. The molecule has 1 aliphatic rings. The molecule has 6 nitrogen and oxygen atoms in total. The molecular weight excluding hydrogens is 364 g/mol. The molecule has 3 rings (SSSR count). The Bertz CT molecular complexity index is 897. The van der Waals surface area contributed by atoms with E-state index in [0.29, 0.717) is 18.7 Å². The van der Waals surface area contributed by atoms with E-state index in [-0.39, 0.29) is 18.3 Å². The van der Waals surface area contributed by atoms with Crippen molar-refractivity contribution in [3.8, 4) is 0 Å². The number of hydrogen-bond acceptors (Lipinski definition) is 4. The number of hydrogen-bond donors (Lipinski definition) is 1. The van der Waals surface area contributed by atoms with Crippen LogP contribution in [0.2, 0.25) is 0 Å². The Balaban J connectivity index is 1.73. The molecule has 1 heterocycles. The van der Waals surface area contributed by atoms with E-state index in [1.54, 1.807) is 17.0 Å². The van der Waals surface area contributed by atoms with Gasteiger partial charge >= 0.3 is 0 Å². The monoisotopic (exact) mass is 388 g/mol. The third-order valence-electron chi connectivity index (χ3n) is 4.55. The Morgan fingerprint density at radius 3 is 2.70 bits per heavy atom. The first-order valence-corrected chi connectivity index (χ1v) is 10.6. The van der Waals surface area contributed by atoms with Crippen molar-refractivity contribution in [2.24, 2.45) is 0 Å². The molecule has 0 saturated heterocycles. The van der Waals surface area contributed by atoms with Gasteiger partial charge in [0.25, 0.3) is 5.91 Å². The normalized spacial score (nSPS) is 13.9. The second-order valence-electron chi connectivity index (χ2n) is 6.58. The number of carbonyl (C=O) groups is 1. The number of aryl methyl sites for hydroxylation is 2. The second kappa shape index (κ2) is 8.54. The maximum atomic E-state index is 12.4. The van der Waals surface area contributed by atoms with Crippen LogP contribution in [0.25, 0.3) is 0 Å². The number of anilines is 2. The van der Waals surface area contributed by atoms with Crippen molar-refractivity contribution in [3.05, 3.63) is 59.7 Å². The minimum Gasteiger partial charge on any atom is -0.375 e. The summed E-state index contributed by atoms with van der Waals surface area (Å²) in [5, 5.41) is 0. The minimum atomic E-state index is -3.49. The van der Waals surface area contributed by atoms with Crippen LogP contribution >= 0.6 is 0 Å². The van der Waals surface area contributed by atoms with Gasteiger partial charge < -0.3 is 9.64 Å². The molecule has 0 aromatic heterocycles. The average molecular weight is 388 g/mol. The molecule has 0 atom stereocenters. The van der Waals surface area contributed by atoms with Crippen molar-refractivity contribution in [2.75, 3.05) is 35.6 Å². The van der Waals surface area contributed by atoms with Crippen LogP contribution in [0.1, 0.15) is 17.5 Å². The number of carbonyl (C=O) groups excluding carboxylic acids is 1. The molecular formula is C20H24N2O4S. The summed E-state index contributed by atoms with van der Waals surface area (Å²) in [5.41, 5.74) is 3.24. The number of methoxy groups -OCH3 is 1. The molecule has 2 aromatic rings. The van der Waals surface area contributed by atoms with Crippen molar-refractivity contribution in [3.63, 3.8) is 0 Å². The molecule has 0 spiro atoms. The molecule has 144 valence electrons. The van der Waals surface area contributed by atoms with Crippen LogP contribution in [0.15, 0.2) is 48.5 Å². The van der Waals surface area contributed by atoms with Gasteiger partial charge in [-0.25, -0.2) is 8.42 Å². The number of amides is 1. The molecule has 0 bridgehead atoms. The van der Waals surface area contributed by atoms with Crippen LogP contribution in [0.3, 0.4) is 0 Å². The van der Waals surface area contributed by atoms with E-state index in [2.05, 4.69) is 4.72 Å². The molecule has 27 heavy (non-hydrogen) atoms. The largest absolute Gasteiger partial charge is 0.375 e. The van der Waals surface area contributed by atoms with E-state index in [1.165, 1.54) is 7.11 Å². The highest BCUT2D eigenvalue weighted by Crippen LogP contribution is 2.30. The van der Waals surface area contributed by atoms with Crippen molar-refractivity contribution in [2.45, 2.75) is 19.3 Å². The van der Waals surface area contributed by atoms with Gasteiger partial charge in [-0.15, -0.1) is 0 Å². The highest BCUT2D eigenvalue weighted by atomic mass is 32.2. The van der Waals surface area contributed by atoms with Gasteiger partial charge in [0.15, 0.2) is 0 Å². The predicted octanol–water partition coefficient (Wildman–Crippen LogP) is 2.60. The third-order valence-corrected chi connectivity index (χ3v) is 5.84. The smallest absolute Gasteiger partial charge is 0.252 e. The van der Waals surface area contributed by atoms with E-state index in [4.69, 9.17) is 4.74 Å². The van der Waals surface area contributed by atoms with Gasteiger partial charge in [-0.2, -0.15) is 0 Å². The van der Waals surface area contributed by atoms with Gasteiger partial charge in [0.05, 0.1) is 11.4 Å². The Morgan fingerprint density at radius 2 is 1.96 bits per heavy atom. The van der Waals surface area contributed by atoms with Crippen LogP contribution in [0.4, 0.5) is 11.4 Å². The highest BCUT2D eigenvalue weighted by Gasteiger charge is 2.23. The van der Waals surface area contributed by atoms with Crippen LogP contribution < -0.4 is 9.62 Å². The van der Waals surface area contributed by atoms with E-state index in [0.717, 1.165) is 29.7 Å². The molecule has 0 saturated carbocycles. The van der Waals surface area contributed by atoms with Crippen molar-refractivity contribution >= 4 is 27.3 Å². The number of sulfonamides is 1. The molecule has 2 aromatic carbocycles. The van der Waals surface area contributed by atoms with E-state index in [1.807, 2.05) is 36.4 Å². The quantitative estimate of drug-likeness (QED) is 0.791. The molecule has 0 unspecified atom stereocenters. The van der Waals surface area contributed by atoms with Crippen molar-refractivity contribution in [1.29, 1.82) is 0 Å². The van der Waals surface area contributed by atoms with Gasteiger partial charge in [-0.05, 0) is 42.5 Å². The molecule has 1 amide bonds. The lowest BCUT2D eigenvalue weighted by Gasteiger charge is -2.30. The molecule has 0 radical (unpaired) electrons. The van der Waals surface area contributed by atoms with Gasteiger partial charge in [0.1, 0.15) is 6.61 Å². The van der Waals surface area contributed by atoms with E-state index >= 15 is 0 Å². The summed E-state index contributed by atoms with van der Waals surface area (Å²) >= 11 is 0. The number of nitrogens with one attached hydrogen (secondary N) is 1. The third kappa shape index (κ3) is 5.08. The summed E-state index contributed by atoms with van der Waals surface area (Å²) in [6.07, 6.45) is 2.19. The predicted molar refractivity (Wildman–Crippen MR) is 107 cm³/mol. The Hall–Kier alpha value is -2.38.